The highest BCUT2D eigenvalue weighted by molar-refractivity contribution is 7.76. The van der Waals surface area contributed by atoms with Gasteiger partial charge in [0.15, 0.2) is 11.5 Å². The van der Waals surface area contributed by atoms with E-state index in [0.717, 1.165) is 12.1 Å². The second-order valence-electron chi connectivity index (χ2n) is 3.35. The van der Waals surface area contributed by atoms with Crippen molar-refractivity contribution in [1.82, 2.24) is 0 Å². The highest BCUT2D eigenvalue weighted by Gasteiger charge is 2.47. The zero-order valence-electron chi connectivity index (χ0n) is 8.64. The van der Waals surface area contributed by atoms with Gasteiger partial charge in [0.25, 0.3) is 5.69 Å². The van der Waals surface area contributed by atoms with E-state index >= 15 is 0 Å². The molecule has 0 unspecified atom stereocenters. The lowest BCUT2D eigenvalue weighted by atomic mass is 10.1. The van der Waals surface area contributed by atoms with E-state index in [1.54, 1.807) is 0 Å². The summed E-state index contributed by atoms with van der Waals surface area (Å²) in [6.45, 7) is -0.165. The normalized spacial score (nSPS) is 13.5. The van der Waals surface area contributed by atoms with Crippen LogP contribution in [0.5, 0.6) is 11.5 Å². The third-order valence-corrected chi connectivity index (χ3v) is 2.98. The maximum atomic E-state index is 11.5. The van der Waals surface area contributed by atoms with Crippen LogP contribution in [0.1, 0.15) is 10.4 Å². The Morgan fingerprint density at radius 1 is 1.28 bits per heavy atom. The van der Waals surface area contributed by atoms with Gasteiger partial charge in [0.05, 0.1) is 11.0 Å². The molecule has 0 saturated heterocycles. The Morgan fingerprint density at radius 3 is 2.33 bits per heavy atom. The number of nitro benzene ring substituents is 1. The predicted molar refractivity (Wildman–Crippen MR) is 57.1 cm³/mol. The maximum Gasteiger partial charge on any atom is 0.484 e. The molecular weight excluding hydrogens is 269 g/mol. The van der Waals surface area contributed by atoms with Crippen molar-refractivity contribution >= 4 is 19.2 Å². The van der Waals surface area contributed by atoms with Gasteiger partial charge in [-0.1, -0.05) is 0 Å². The van der Waals surface area contributed by atoms with E-state index < -0.39 is 29.6 Å². The van der Waals surface area contributed by atoms with E-state index in [1.807, 2.05) is 0 Å². The molecule has 0 aromatic heterocycles. The molecule has 0 bridgehead atoms. The number of carbonyl (C=O) groups excluding carboxylic acids is 1. The van der Waals surface area contributed by atoms with Gasteiger partial charge in [0.1, 0.15) is 5.56 Å². The van der Waals surface area contributed by atoms with Crippen LogP contribution in [0.2, 0.25) is 0 Å². The van der Waals surface area contributed by atoms with Gasteiger partial charge < -0.3 is 9.47 Å². The summed E-state index contributed by atoms with van der Waals surface area (Å²) < 4.78 is 9.80. The van der Waals surface area contributed by atoms with Gasteiger partial charge in [-0.25, -0.2) is 4.79 Å². The summed E-state index contributed by atoms with van der Waals surface area (Å²) in [5.74, 6) is 0.119. The lowest BCUT2D eigenvalue weighted by Crippen LogP contribution is -2.08. The molecule has 0 saturated carbocycles. The van der Waals surface area contributed by atoms with Gasteiger partial charge in [0, 0.05) is 6.07 Å². The van der Waals surface area contributed by atoms with Crippen LogP contribution < -0.4 is 9.47 Å². The number of fused-ring (bicyclic) bond motifs is 1. The summed E-state index contributed by atoms with van der Waals surface area (Å²) in [6, 6.07) is 1.85. The maximum absolute atomic E-state index is 11.5. The summed E-state index contributed by atoms with van der Waals surface area (Å²) in [4.78, 5) is 48.0. The monoisotopic (exact) mass is 276 g/mol. The summed E-state index contributed by atoms with van der Waals surface area (Å²) >= 11 is 0. The molecule has 0 amide bonds. The van der Waals surface area contributed by atoms with E-state index in [4.69, 9.17) is 24.2 Å². The van der Waals surface area contributed by atoms with Gasteiger partial charge in [-0.3, -0.25) is 10.1 Å². The summed E-state index contributed by atoms with van der Waals surface area (Å²) in [6.07, 6.45) is 0. The van der Waals surface area contributed by atoms with Crippen LogP contribution in [-0.4, -0.2) is 31.9 Å². The summed E-state index contributed by atoms with van der Waals surface area (Å²) in [7, 11) is -4.86. The summed E-state index contributed by atoms with van der Waals surface area (Å²) in [5.41, 5.74) is -2.87. The summed E-state index contributed by atoms with van der Waals surface area (Å²) in [5, 5.41) is 10.8. The van der Waals surface area contributed by atoms with Gasteiger partial charge in [-0.15, -0.1) is 0 Å². The fraction of sp³-hybridized carbons (Fsp3) is 0.125. The fourth-order valence-corrected chi connectivity index (χ4v) is 1.92. The van der Waals surface area contributed by atoms with Crippen molar-refractivity contribution in [3.63, 3.8) is 0 Å². The first kappa shape index (κ1) is 12.7. The van der Waals surface area contributed by atoms with Crippen LogP contribution in [0.15, 0.2) is 12.1 Å². The fourth-order valence-electron chi connectivity index (χ4n) is 1.42. The van der Waals surface area contributed by atoms with Crippen molar-refractivity contribution in [3.05, 3.63) is 27.8 Å². The molecule has 1 aliphatic rings. The Bertz CT molecular complexity index is 537. The molecule has 0 fully saturated rings. The van der Waals surface area contributed by atoms with Crippen molar-refractivity contribution < 1.29 is 33.9 Å². The van der Waals surface area contributed by atoms with Crippen molar-refractivity contribution in [2.75, 3.05) is 6.79 Å². The van der Waals surface area contributed by atoms with Crippen LogP contribution in [0, 0.1) is 10.1 Å². The average molecular weight is 276 g/mol. The van der Waals surface area contributed by atoms with Crippen molar-refractivity contribution in [2.45, 2.75) is 0 Å². The van der Waals surface area contributed by atoms with E-state index in [9.17, 15) is 14.9 Å². The van der Waals surface area contributed by atoms with Crippen molar-refractivity contribution in [2.24, 2.45) is 0 Å². The highest BCUT2D eigenvalue weighted by Crippen LogP contribution is 2.51. The Kier molecular flexibility index (Phi) is 2.91. The molecule has 1 heterocycles. The average Bonchev–Trinajstić information content (AvgIpc) is 2.71. The molecule has 1 aromatic rings. The number of nitro groups is 1. The van der Waals surface area contributed by atoms with Gasteiger partial charge in [0.2, 0.25) is 6.79 Å². The first-order chi connectivity index (χ1) is 8.30. The van der Waals surface area contributed by atoms with Crippen LogP contribution in [0.4, 0.5) is 5.69 Å². The molecule has 2 rings (SSSR count). The lowest BCUT2D eigenvalue weighted by molar-refractivity contribution is -0.385. The molecule has 0 radical (unpaired) electrons. The molecule has 1 aromatic carbocycles. The van der Waals surface area contributed by atoms with Crippen LogP contribution in [-0.2, 0) is 0 Å². The zero-order valence-corrected chi connectivity index (χ0v) is 9.53. The molecule has 9 nitrogen and oxygen atoms in total. The first-order valence-electron chi connectivity index (χ1n) is 4.51. The van der Waals surface area contributed by atoms with Crippen LogP contribution in [0.25, 0.3) is 0 Å². The number of rotatable bonds is 3. The van der Waals surface area contributed by atoms with Gasteiger partial charge in [-0.05, 0) is 0 Å². The SMILES string of the molecule is O=C(c1cc2c(cc1[N+](=O)[O-])OCO2)[P+](O)(O)O. The lowest BCUT2D eigenvalue weighted by Gasteiger charge is -2.04. The molecule has 1 aliphatic heterocycles. The zero-order chi connectivity index (χ0) is 13.5. The number of hydrogen-bond donors (Lipinski definition) is 3. The number of ether oxygens (including phenoxy) is 2. The smallest absolute Gasteiger partial charge is 0.454 e. The van der Waals surface area contributed by atoms with E-state index in [-0.39, 0.29) is 18.3 Å². The minimum Gasteiger partial charge on any atom is -0.454 e. The number of benzene rings is 1. The third-order valence-electron chi connectivity index (χ3n) is 2.19. The van der Waals surface area contributed by atoms with E-state index in [2.05, 4.69) is 0 Å². The Balaban J connectivity index is 2.59. The quantitative estimate of drug-likeness (QED) is 0.404. The molecule has 0 aliphatic carbocycles. The van der Waals surface area contributed by atoms with Gasteiger partial charge >= 0.3 is 13.5 Å². The Morgan fingerprint density at radius 2 is 1.83 bits per heavy atom. The van der Waals surface area contributed by atoms with Gasteiger partial charge in [-0.2, -0.15) is 14.7 Å². The minimum atomic E-state index is -4.86. The molecule has 96 valence electrons. The second-order valence-corrected chi connectivity index (χ2v) is 4.90. The third kappa shape index (κ3) is 2.12. The number of hydrogen-bond acceptors (Lipinski definition) is 8. The topological polar surface area (TPSA) is 139 Å². The number of nitrogens with zero attached hydrogens (tertiary/aromatic N) is 1. The van der Waals surface area contributed by atoms with Crippen LogP contribution in [0.3, 0.4) is 0 Å². The standard InChI is InChI=1S/C8H7NO8P/c10-8(18(13,14)15)4-1-6-7(17-3-16-6)2-5(4)9(11)12/h1-2,13-15H,3H2/q+1. The predicted octanol–water partition coefficient (Wildman–Crippen LogP) is 0.203. The largest absolute Gasteiger partial charge is 0.484 e. The number of carbonyl (C=O) groups is 1. The van der Waals surface area contributed by atoms with E-state index in [1.165, 1.54) is 0 Å². The second kappa shape index (κ2) is 4.14. The molecule has 0 atom stereocenters. The van der Waals surface area contributed by atoms with Crippen molar-refractivity contribution in [1.29, 1.82) is 0 Å². The van der Waals surface area contributed by atoms with Crippen molar-refractivity contribution in [3.8, 4) is 11.5 Å². The molecule has 0 spiro atoms. The highest BCUT2D eigenvalue weighted by atomic mass is 31.2. The molecule has 3 N–H and O–H groups in total. The Hall–Kier alpha value is -1.80. The molecule has 18 heavy (non-hydrogen) atoms. The Labute approximate surface area is 99.9 Å². The van der Waals surface area contributed by atoms with Crippen LogP contribution >= 0.6 is 7.94 Å². The molecule has 10 heteroatoms. The van der Waals surface area contributed by atoms with E-state index in [0.29, 0.717) is 0 Å². The first-order valence-corrected chi connectivity index (χ1v) is 6.15. The molecular formula is C8H7NO8P+. The minimum absolute atomic E-state index is 0.0531.